The molecule has 22 heavy (non-hydrogen) atoms. The fourth-order valence-electron chi connectivity index (χ4n) is 3.07. The third-order valence-electron chi connectivity index (χ3n) is 4.47. The van der Waals surface area contributed by atoms with Crippen LogP contribution in [0.1, 0.15) is 111 Å². The van der Waals surface area contributed by atoms with Gasteiger partial charge < -0.3 is 5.32 Å². The summed E-state index contributed by atoms with van der Waals surface area (Å²) in [7, 11) is 0. The molecule has 0 aromatic heterocycles. The lowest BCUT2D eigenvalue weighted by molar-refractivity contribution is -0.125. The Morgan fingerprint density at radius 3 is 1.59 bits per heavy atom. The lowest BCUT2D eigenvalue weighted by Gasteiger charge is -2.15. The van der Waals surface area contributed by atoms with Crippen LogP contribution in [0.4, 0.5) is 0 Å². The van der Waals surface area contributed by atoms with E-state index < -0.39 is 0 Å². The molecule has 0 spiro atoms. The molecule has 0 aromatic rings. The van der Waals surface area contributed by atoms with Crippen molar-refractivity contribution >= 4 is 5.91 Å². The number of unbranched alkanes of at least 4 members (excludes halogenated alkanes) is 9. The molecule has 0 atom stereocenters. The molecule has 0 rings (SSSR count). The topological polar surface area (TPSA) is 29.1 Å². The first-order chi connectivity index (χ1) is 10.8. The summed E-state index contributed by atoms with van der Waals surface area (Å²) in [6.07, 6.45) is 17.8. The molecule has 0 aliphatic heterocycles. The summed E-state index contributed by atoms with van der Waals surface area (Å²) in [4.78, 5) is 12.1. The molecule has 0 aromatic carbocycles. The summed E-state index contributed by atoms with van der Waals surface area (Å²) in [5.41, 5.74) is 0. The van der Waals surface area contributed by atoms with E-state index >= 15 is 0 Å². The summed E-state index contributed by atoms with van der Waals surface area (Å²) >= 11 is 0. The van der Waals surface area contributed by atoms with Gasteiger partial charge in [-0.25, -0.2) is 0 Å². The summed E-state index contributed by atoms with van der Waals surface area (Å²) in [5.74, 6) is 0.540. The van der Waals surface area contributed by atoms with E-state index in [1.165, 1.54) is 57.8 Å². The SMILES string of the molecule is CCCCCCCCCCCCNC(=O)C(CCC)CCC. The summed E-state index contributed by atoms with van der Waals surface area (Å²) in [5, 5.41) is 3.14. The molecule has 1 amide bonds. The van der Waals surface area contributed by atoms with E-state index in [1.807, 2.05) is 0 Å². The van der Waals surface area contributed by atoms with Crippen molar-refractivity contribution < 1.29 is 4.79 Å². The molecule has 132 valence electrons. The second kappa shape index (κ2) is 16.8. The fraction of sp³-hybridized carbons (Fsp3) is 0.950. The second-order valence-corrected chi connectivity index (χ2v) is 6.75. The van der Waals surface area contributed by atoms with Crippen molar-refractivity contribution in [2.45, 2.75) is 111 Å². The van der Waals surface area contributed by atoms with Crippen LogP contribution < -0.4 is 5.32 Å². The van der Waals surface area contributed by atoms with Gasteiger partial charge >= 0.3 is 0 Å². The summed E-state index contributed by atoms with van der Waals surface area (Å²) in [6.45, 7) is 7.47. The van der Waals surface area contributed by atoms with Crippen molar-refractivity contribution in [2.24, 2.45) is 5.92 Å². The van der Waals surface area contributed by atoms with Crippen LogP contribution in [0, 0.1) is 5.92 Å². The maximum atomic E-state index is 12.1. The molecule has 0 aliphatic rings. The van der Waals surface area contributed by atoms with Crippen molar-refractivity contribution in [3.63, 3.8) is 0 Å². The van der Waals surface area contributed by atoms with Crippen LogP contribution in [0.15, 0.2) is 0 Å². The van der Waals surface area contributed by atoms with Gasteiger partial charge in [0, 0.05) is 12.5 Å². The van der Waals surface area contributed by atoms with E-state index in [9.17, 15) is 4.79 Å². The predicted octanol–water partition coefficient (Wildman–Crippen LogP) is 6.24. The number of hydrogen-bond acceptors (Lipinski definition) is 1. The molecule has 2 heteroatoms. The molecule has 0 radical (unpaired) electrons. The molecule has 0 saturated heterocycles. The van der Waals surface area contributed by atoms with Crippen molar-refractivity contribution in [1.29, 1.82) is 0 Å². The number of nitrogens with one attached hydrogen (secondary N) is 1. The van der Waals surface area contributed by atoms with Gasteiger partial charge in [-0.15, -0.1) is 0 Å². The highest BCUT2D eigenvalue weighted by molar-refractivity contribution is 5.78. The van der Waals surface area contributed by atoms with Crippen molar-refractivity contribution in [1.82, 2.24) is 5.32 Å². The highest BCUT2D eigenvalue weighted by atomic mass is 16.1. The molecular weight excluding hydrogens is 270 g/mol. The first kappa shape index (κ1) is 21.5. The van der Waals surface area contributed by atoms with E-state index in [0.717, 1.165) is 38.6 Å². The van der Waals surface area contributed by atoms with Gasteiger partial charge in [-0.1, -0.05) is 91.4 Å². The van der Waals surface area contributed by atoms with Crippen LogP contribution in [-0.4, -0.2) is 12.5 Å². The molecule has 1 N–H and O–H groups in total. The number of carbonyl (C=O) groups is 1. The van der Waals surface area contributed by atoms with Gasteiger partial charge in [-0.3, -0.25) is 4.79 Å². The van der Waals surface area contributed by atoms with E-state index in [-0.39, 0.29) is 5.92 Å². The second-order valence-electron chi connectivity index (χ2n) is 6.75. The predicted molar refractivity (Wildman–Crippen MR) is 98.2 cm³/mol. The highest BCUT2D eigenvalue weighted by Crippen LogP contribution is 2.14. The lowest BCUT2D eigenvalue weighted by atomic mass is 9.97. The first-order valence-corrected chi connectivity index (χ1v) is 10.0. The maximum absolute atomic E-state index is 12.1. The third kappa shape index (κ3) is 13.2. The number of amides is 1. The van der Waals surface area contributed by atoms with Gasteiger partial charge in [0.1, 0.15) is 0 Å². The Morgan fingerprint density at radius 1 is 0.682 bits per heavy atom. The van der Waals surface area contributed by atoms with Crippen LogP contribution in [-0.2, 0) is 4.79 Å². The summed E-state index contributed by atoms with van der Waals surface area (Å²) in [6, 6.07) is 0. The maximum Gasteiger partial charge on any atom is 0.223 e. The van der Waals surface area contributed by atoms with Crippen LogP contribution in [0.2, 0.25) is 0 Å². The third-order valence-corrected chi connectivity index (χ3v) is 4.47. The zero-order chi connectivity index (χ0) is 16.5. The number of rotatable bonds is 16. The lowest BCUT2D eigenvalue weighted by Crippen LogP contribution is -2.31. The smallest absolute Gasteiger partial charge is 0.223 e. The van der Waals surface area contributed by atoms with Crippen LogP contribution in [0.3, 0.4) is 0 Å². The van der Waals surface area contributed by atoms with Crippen molar-refractivity contribution in [2.75, 3.05) is 6.54 Å². The van der Waals surface area contributed by atoms with Gasteiger partial charge in [0.2, 0.25) is 5.91 Å². The van der Waals surface area contributed by atoms with E-state index in [4.69, 9.17) is 0 Å². The Hall–Kier alpha value is -0.530. The quantitative estimate of drug-likeness (QED) is 0.336. The van der Waals surface area contributed by atoms with E-state index in [0.29, 0.717) is 5.91 Å². The Bertz CT molecular complexity index is 234. The number of hydrogen-bond donors (Lipinski definition) is 1. The van der Waals surface area contributed by atoms with Gasteiger partial charge in [0.15, 0.2) is 0 Å². The molecule has 0 aliphatic carbocycles. The Labute approximate surface area is 139 Å². The largest absolute Gasteiger partial charge is 0.356 e. The van der Waals surface area contributed by atoms with Crippen molar-refractivity contribution in [3.8, 4) is 0 Å². The molecule has 0 bridgehead atoms. The zero-order valence-corrected chi connectivity index (χ0v) is 15.6. The Kier molecular flexibility index (Phi) is 16.4. The van der Waals surface area contributed by atoms with Gasteiger partial charge in [0.25, 0.3) is 0 Å². The van der Waals surface area contributed by atoms with Crippen LogP contribution in [0.5, 0.6) is 0 Å². The minimum absolute atomic E-state index is 0.248. The molecular formula is C20H41NO. The normalized spacial score (nSPS) is 11.1. The van der Waals surface area contributed by atoms with E-state index in [2.05, 4.69) is 26.1 Å². The van der Waals surface area contributed by atoms with Crippen molar-refractivity contribution in [3.05, 3.63) is 0 Å². The Morgan fingerprint density at radius 2 is 1.14 bits per heavy atom. The molecule has 0 unspecified atom stereocenters. The monoisotopic (exact) mass is 311 g/mol. The zero-order valence-electron chi connectivity index (χ0n) is 15.6. The van der Waals surface area contributed by atoms with Gasteiger partial charge in [0.05, 0.1) is 0 Å². The highest BCUT2D eigenvalue weighted by Gasteiger charge is 2.15. The van der Waals surface area contributed by atoms with E-state index in [1.54, 1.807) is 0 Å². The van der Waals surface area contributed by atoms with Crippen LogP contribution >= 0.6 is 0 Å². The molecule has 0 fully saturated rings. The molecule has 0 heterocycles. The minimum Gasteiger partial charge on any atom is -0.356 e. The average molecular weight is 312 g/mol. The standard InChI is InChI=1S/C20H41NO/c1-4-7-8-9-10-11-12-13-14-15-18-21-20(22)19(16-5-2)17-6-3/h19H,4-18H2,1-3H3,(H,21,22). The Balaban J connectivity index is 3.39. The average Bonchev–Trinajstić information content (AvgIpc) is 2.52. The first-order valence-electron chi connectivity index (χ1n) is 10.0. The van der Waals surface area contributed by atoms with Crippen LogP contribution in [0.25, 0.3) is 0 Å². The fourth-order valence-corrected chi connectivity index (χ4v) is 3.07. The minimum atomic E-state index is 0.248. The molecule has 2 nitrogen and oxygen atoms in total. The van der Waals surface area contributed by atoms with Gasteiger partial charge in [-0.2, -0.15) is 0 Å². The number of carbonyl (C=O) groups excluding carboxylic acids is 1. The molecule has 0 saturated carbocycles. The summed E-state index contributed by atoms with van der Waals surface area (Å²) < 4.78 is 0. The van der Waals surface area contributed by atoms with Gasteiger partial charge in [-0.05, 0) is 19.3 Å².